The van der Waals surface area contributed by atoms with Gasteiger partial charge in [0.15, 0.2) is 23.3 Å². The van der Waals surface area contributed by atoms with Crippen molar-refractivity contribution in [2.24, 2.45) is 23.7 Å². The smallest absolute Gasteiger partial charge is 0.167 e. The molecule has 4 rings (SSSR count). The molecule has 2 unspecified atom stereocenters. The molecule has 2 aliphatic rings. The Morgan fingerprint density at radius 2 is 1.31 bits per heavy atom. The van der Waals surface area contributed by atoms with Crippen LogP contribution in [-0.4, -0.2) is 0 Å². The molecule has 2 atom stereocenters. The molecule has 0 bridgehead atoms. The zero-order chi connectivity index (χ0) is 25.3. The number of fused-ring (bicyclic) bond motifs is 3. The first-order valence-electron chi connectivity index (χ1n) is 13.6. The highest BCUT2D eigenvalue weighted by atomic mass is 19.2. The molecule has 0 nitrogen and oxygen atoms in total. The number of benzene rings is 2. The van der Waals surface area contributed by atoms with Gasteiger partial charge in [0, 0.05) is 11.1 Å². The summed E-state index contributed by atoms with van der Waals surface area (Å²) in [5.41, 5.74) is 1.39. The Morgan fingerprint density at radius 3 is 1.97 bits per heavy atom. The molecule has 0 saturated heterocycles. The van der Waals surface area contributed by atoms with Crippen LogP contribution in [0.5, 0.6) is 0 Å². The van der Waals surface area contributed by atoms with Crippen LogP contribution in [0.1, 0.15) is 101 Å². The lowest BCUT2D eigenvalue weighted by atomic mass is 9.79. The zero-order valence-electron chi connectivity index (χ0n) is 21.8. The van der Waals surface area contributed by atoms with E-state index >= 15 is 4.39 Å². The van der Waals surface area contributed by atoms with Gasteiger partial charge in [-0.1, -0.05) is 84.3 Å². The molecule has 1 saturated carbocycles. The summed E-state index contributed by atoms with van der Waals surface area (Å²) in [6, 6.07) is 3.21. The molecule has 0 N–H and O–H groups in total. The minimum absolute atomic E-state index is 0.105. The Balaban J connectivity index is 1.31. The summed E-state index contributed by atoms with van der Waals surface area (Å²) in [5, 5.41) is 0. The van der Waals surface area contributed by atoms with Gasteiger partial charge in [0.1, 0.15) is 0 Å². The average Bonchev–Trinajstić information content (AvgIpc) is 3.20. The number of hydrogen-bond acceptors (Lipinski definition) is 0. The molecule has 0 aliphatic heterocycles. The van der Waals surface area contributed by atoms with Crippen LogP contribution in [-0.2, 0) is 12.8 Å². The summed E-state index contributed by atoms with van der Waals surface area (Å²) in [4.78, 5) is 0. The maximum atomic E-state index is 15.0. The van der Waals surface area contributed by atoms with Crippen molar-refractivity contribution in [2.75, 3.05) is 0 Å². The van der Waals surface area contributed by atoms with Crippen LogP contribution in [0.4, 0.5) is 17.6 Å². The fourth-order valence-corrected chi connectivity index (χ4v) is 6.16. The molecule has 2 aromatic rings. The van der Waals surface area contributed by atoms with Crippen LogP contribution in [0.25, 0.3) is 11.1 Å². The largest absolute Gasteiger partial charge is 0.203 e. The molecule has 0 spiro atoms. The van der Waals surface area contributed by atoms with E-state index < -0.39 is 23.3 Å². The van der Waals surface area contributed by atoms with Crippen LogP contribution in [0.3, 0.4) is 0 Å². The molecule has 2 aliphatic carbocycles. The number of rotatable bonds is 9. The van der Waals surface area contributed by atoms with E-state index in [9.17, 15) is 13.2 Å². The van der Waals surface area contributed by atoms with E-state index in [2.05, 4.69) is 20.8 Å². The molecule has 192 valence electrons. The molecule has 0 amide bonds. The van der Waals surface area contributed by atoms with Gasteiger partial charge in [-0.05, 0) is 72.1 Å². The lowest BCUT2D eigenvalue weighted by Gasteiger charge is -2.27. The molecular formula is C31H40F4. The quantitative estimate of drug-likeness (QED) is 0.263. The highest BCUT2D eigenvalue weighted by molar-refractivity contribution is 5.78. The summed E-state index contributed by atoms with van der Waals surface area (Å²) < 4.78 is 58.6. The van der Waals surface area contributed by atoms with Gasteiger partial charge < -0.3 is 0 Å². The van der Waals surface area contributed by atoms with Gasteiger partial charge in [0.25, 0.3) is 0 Å². The normalized spacial score (nSPS) is 21.0. The fourth-order valence-electron chi connectivity index (χ4n) is 6.16. The predicted molar refractivity (Wildman–Crippen MR) is 135 cm³/mol. The van der Waals surface area contributed by atoms with Crippen molar-refractivity contribution in [3.05, 3.63) is 57.7 Å². The summed E-state index contributed by atoms with van der Waals surface area (Å²) in [6.45, 7) is 8.38. The van der Waals surface area contributed by atoms with E-state index in [1.807, 2.05) is 0 Å². The third-order valence-electron chi connectivity index (χ3n) is 8.73. The van der Waals surface area contributed by atoms with Crippen LogP contribution in [0, 0.1) is 53.9 Å². The fraction of sp³-hybridized carbons (Fsp3) is 0.613. The zero-order valence-corrected chi connectivity index (χ0v) is 21.8. The molecule has 4 heteroatoms. The van der Waals surface area contributed by atoms with E-state index in [0.29, 0.717) is 41.4 Å². The van der Waals surface area contributed by atoms with E-state index in [0.717, 1.165) is 24.7 Å². The van der Waals surface area contributed by atoms with E-state index in [-0.39, 0.29) is 16.7 Å². The van der Waals surface area contributed by atoms with Crippen molar-refractivity contribution in [1.82, 2.24) is 0 Å². The van der Waals surface area contributed by atoms with Gasteiger partial charge in [0.05, 0.1) is 0 Å². The number of hydrogen-bond donors (Lipinski definition) is 0. The van der Waals surface area contributed by atoms with E-state index in [1.165, 1.54) is 51.9 Å². The van der Waals surface area contributed by atoms with Crippen molar-refractivity contribution >= 4 is 0 Å². The monoisotopic (exact) mass is 488 g/mol. The van der Waals surface area contributed by atoms with Gasteiger partial charge in [-0.3, -0.25) is 0 Å². The Labute approximate surface area is 208 Å². The molecular weight excluding hydrogens is 448 g/mol. The standard InChI is InChI=1S/C31H40F4/c1-18(7-11-22-12-8-20(3)9-13-22)5-6-19(2)10-14-23-16-25-17-24-15-21(4)28(32)30(34)26(24)27(25)31(35)29(23)33/h15-16,18-20,22H,5-14,17H2,1-4H3. The molecule has 2 aromatic carbocycles. The minimum Gasteiger partial charge on any atom is -0.203 e. The third-order valence-corrected chi connectivity index (χ3v) is 8.73. The maximum Gasteiger partial charge on any atom is 0.167 e. The Morgan fingerprint density at radius 1 is 0.743 bits per heavy atom. The Kier molecular flexibility index (Phi) is 8.28. The van der Waals surface area contributed by atoms with Crippen LogP contribution in [0.2, 0.25) is 0 Å². The molecule has 1 fully saturated rings. The van der Waals surface area contributed by atoms with E-state index in [1.54, 1.807) is 12.1 Å². The number of halogens is 4. The Hall–Kier alpha value is -1.84. The third kappa shape index (κ3) is 5.78. The highest BCUT2D eigenvalue weighted by Crippen LogP contribution is 2.43. The summed E-state index contributed by atoms with van der Waals surface area (Å²) in [7, 11) is 0. The van der Waals surface area contributed by atoms with Crippen LogP contribution in [0.15, 0.2) is 12.1 Å². The predicted octanol–water partition coefficient (Wildman–Crippen LogP) is 9.71. The minimum atomic E-state index is -1.08. The summed E-state index contributed by atoms with van der Waals surface area (Å²) in [5.74, 6) is -1.10. The molecule has 0 radical (unpaired) electrons. The van der Waals surface area contributed by atoms with Crippen LogP contribution >= 0.6 is 0 Å². The van der Waals surface area contributed by atoms with Crippen molar-refractivity contribution in [3.63, 3.8) is 0 Å². The topological polar surface area (TPSA) is 0 Å². The van der Waals surface area contributed by atoms with E-state index in [4.69, 9.17) is 0 Å². The summed E-state index contributed by atoms with van der Waals surface area (Å²) >= 11 is 0. The Bertz CT molecular complexity index is 1050. The first-order valence-corrected chi connectivity index (χ1v) is 13.6. The van der Waals surface area contributed by atoms with Gasteiger partial charge in [0.2, 0.25) is 0 Å². The van der Waals surface area contributed by atoms with Crippen molar-refractivity contribution in [3.8, 4) is 11.1 Å². The van der Waals surface area contributed by atoms with Gasteiger partial charge in [-0.2, -0.15) is 0 Å². The average molecular weight is 489 g/mol. The summed E-state index contributed by atoms with van der Waals surface area (Å²) in [6.07, 6.45) is 12.0. The lowest BCUT2D eigenvalue weighted by molar-refractivity contribution is 0.258. The van der Waals surface area contributed by atoms with Gasteiger partial charge in [-0.25, -0.2) is 17.6 Å². The SMILES string of the molecule is Cc1cc2c(c(F)c1F)-c1c(cc(CCC(C)CCC(C)CCC3CCC(C)CC3)c(F)c1F)C2. The molecule has 35 heavy (non-hydrogen) atoms. The molecule has 0 heterocycles. The van der Waals surface area contributed by atoms with Gasteiger partial charge >= 0.3 is 0 Å². The first kappa shape index (κ1) is 26.2. The second-order valence-corrected chi connectivity index (χ2v) is 11.8. The van der Waals surface area contributed by atoms with Crippen LogP contribution < -0.4 is 0 Å². The van der Waals surface area contributed by atoms with Gasteiger partial charge in [-0.15, -0.1) is 0 Å². The van der Waals surface area contributed by atoms with Crippen molar-refractivity contribution < 1.29 is 17.6 Å². The molecule has 0 aromatic heterocycles. The highest BCUT2D eigenvalue weighted by Gasteiger charge is 2.31. The second kappa shape index (κ2) is 11.0. The van der Waals surface area contributed by atoms with Crippen molar-refractivity contribution in [1.29, 1.82) is 0 Å². The second-order valence-electron chi connectivity index (χ2n) is 11.8. The maximum absolute atomic E-state index is 15.0. The number of aryl methyl sites for hydroxylation is 2. The first-order chi connectivity index (χ1) is 16.7. The van der Waals surface area contributed by atoms with Crippen molar-refractivity contribution in [2.45, 2.75) is 98.3 Å². The lowest BCUT2D eigenvalue weighted by Crippen LogP contribution is -2.13.